The van der Waals surface area contributed by atoms with Crippen LogP contribution in [0.5, 0.6) is 0 Å². The number of hydrogen-bond donors (Lipinski definition) is 0. The highest BCUT2D eigenvalue weighted by Gasteiger charge is 2.18. The third-order valence-electron chi connectivity index (χ3n) is 2.76. The fraction of sp³-hybridized carbons (Fsp3) is 0.462. The normalized spacial score (nSPS) is 9.95. The summed E-state index contributed by atoms with van der Waals surface area (Å²) in [5, 5.41) is 1.81. The van der Waals surface area contributed by atoms with Gasteiger partial charge in [0.25, 0.3) is 5.91 Å². The Hall–Kier alpha value is -1.89. The molecule has 1 heterocycles. The molecule has 2 amide bonds. The van der Waals surface area contributed by atoms with Gasteiger partial charge in [0.2, 0.25) is 5.91 Å². The van der Waals surface area contributed by atoms with E-state index in [1.54, 1.807) is 26.2 Å². The van der Waals surface area contributed by atoms with Crippen molar-refractivity contribution in [3.05, 3.63) is 22.4 Å². The van der Waals surface area contributed by atoms with E-state index < -0.39 is 0 Å². The van der Waals surface area contributed by atoms with Crippen LogP contribution in [0, 0.1) is 0 Å². The maximum absolute atomic E-state index is 12.0. The molecule has 0 aromatic carbocycles. The Morgan fingerprint density at radius 1 is 1.25 bits per heavy atom. The van der Waals surface area contributed by atoms with Crippen molar-refractivity contribution in [1.82, 2.24) is 9.80 Å². The van der Waals surface area contributed by atoms with Gasteiger partial charge in [0, 0.05) is 20.6 Å². The Balaban J connectivity index is 2.44. The van der Waals surface area contributed by atoms with Crippen molar-refractivity contribution in [3.8, 4) is 0 Å². The van der Waals surface area contributed by atoms with E-state index in [2.05, 4.69) is 4.74 Å². The first kappa shape index (κ1) is 16.2. The van der Waals surface area contributed by atoms with Gasteiger partial charge in [0.05, 0.1) is 25.0 Å². The lowest BCUT2D eigenvalue weighted by molar-refractivity contribution is -0.141. The van der Waals surface area contributed by atoms with E-state index in [-0.39, 0.29) is 37.3 Å². The van der Waals surface area contributed by atoms with Crippen molar-refractivity contribution >= 4 is 29.1 Å². The molecule has 0 atom stereocenters. The summed E-state index contributed by atoms with van der Waals surface area (Å²) in [5.74, 6) is -0.774. The Kier molecular flexibility index (Phi) is 6.17. The topological polar surface area (TPSA) is 66.9 Å². The molecule has 0 N–H and O–H groups in total. The molecule has 6 nitrogen and oxygen atoms in total. The number of methoxy groups -OCH3 is 1. The molecule has 0 saturated carbocycles. The third-order valence-corrected chi connectivity index (χ3v) is 3.61. The zero-order valence-corrected chi connectivity index (χ0v) is 12.6. The predicted octanol–water partition coefficient (Wildman–Crippen LogP) is 0.842. The molecule has 0 radical (unpaired) electrons. The number of carbonyl (C=O) groups is 3. The van der Waals surface area contributed by atoms with Crippen LogP contribution in [0.4, 0.5) is 0 Å². The smallest absolute Gasteiger partial charge is 0.307 e. The first-order chi connectivity index (χ1) is 9.45. The fourth-order valence-electron chi connectivity index (χ4n) is 1.47. The van der Waals surface area contributed by atoms with Crippen LogP contribution in [-0.2, 0) is 14.3 Å². The van der Waals surface area contributed by atoms with Gasteiger partial charge in [-0.3, -0.25) is 14.4 Å². The van der Waals surface area contributed by atoms with Gasteiger partial charge in [-0.25, -0.2) is 0 Å². The monoisotopic (exact) mass is 298 g/mol. The summed E-state index contributed by atoms with van der Waals surface area (Å²) >= 11 is 1.33. The molecule has 0 unspecified atom stereocenters. The first-order valence-corrected chi connectivity index (χ1v) is 6.93. The van der Waals surface area contributed by atoms with Crippen molar-refractivity contribution < 1.29 is 19.1 Å². The van der Waals surface area contributed by atoms with Crippen LogP contribution in [0.3, 0.4) is 0 Å². The number of carbonyl (C=O) groups excluding carboxylic acids is 3. The fourth-order valence-corrected chi connectivity index (χ4v) is 2.19. The zero-order chi connectivity index (χ0) is 15.1. The molecule has 0 aliphatic carbocycles. The second-order valence-electron chi connectivity index (χ2n) is 4.28. The lowest BCUT2D eigenvalue weighted by atomic mass is 10.3. The summed E-state index contributed by atoms with van der Waals surface area (Å²) in [5.41, 5.74) is 0. The number of amides is 2. The van der Waals surface area contributed by atoms with Crippen LogP contribution in [0.1, 0.15) is 16.1 Å². The van der Waals surface area contributed by atoms with E-state index in [0.717, 1.165) is 0 Å². The highest BCUT2D eigenvalue weighted by Crippen LogP contribution is 2.11. The molecule has 0 aliphatic heterocycles. The summed E-state index contributed by atoms with van der Waals surface area (Å²) in [4.78, 5) is 38.3. The molecule has 110 valence electrons. The van der Waals surface area contributed by atoms with E-state index in [0.29, 0.717) is 4.88 Å². The Morgan fingerprint density at radius 2 is 1.95 bits per heavy atom. The number of esters is 1. The Morgan fingerprint density at radius 3 is 2.50 bits per heavy atom. The zero-order valence-electron chi connectivity index (χ0n) is 11.8. The summed E-state index contributed by atoms with van der Waals surface area (Å²) in [6.45, 7) is 0.251. The van der Waals surface area contributed by atoms with E-state index in [1.165, 1.54) is 28.2 Å². The van der Waals surface area contributed by atoms with Gasteiger partial charge in [-0.2, -0.15) is 0 Å². The van der Waals surface area contributed by atoms with Gasteiger partial charge >= 0.3 is 5.97 Å². The first-order valence-electron chi connectivity index (χ1n) is 6.05. The number of thiophene rings is 1. The molecule has 1 aromatic rings. The summed E-state index contributed by atoms with van der Waals surface area (Å²) in [6.07, 6.45) is 0.140. The summed E-state index contributed by atoms with van der Waals surface area (Å²) in [6, 6.07) is 3.50. The third kappa shape index (κ3) is 4.65. The summed E-state index contributed by atoms with van der Waals surface area (Å²) in [7, 11) is 4.47. The minimum absolute atomic E-state index is 0.0194. The summed E-state index contributed by atoms with van der Waals surface area (Å²) < 4.78 is 4.51. The number of likely N-dealkylation sites (N-methyl/N-ethyl adjacent to an activating group) is 2. The molecular formula is C13H18N2O4S. The van der Waals surface area contributed by atoms with Crippen molar-refractivity contribution in [2.75, 3.05) is 34.3 Å². The second-order valence-corrected chi connectivity index (χ2v) is 5.23. The van der Waals surface area contributed by atoms with Gasteiger partial charge in [0.15, 0.2) is 0 Å². The lowest BCUT2D eigenvalue weighted by Gasteiger charge is -2.21. The van der Waals surface area contributed by atoms with E-state index >= 15 is 0 Å². The maximum atomic E-state index is 12.0. The minimum Gasteiger partial charge on any atom is -0.469 e. The van der Waals surface area contributed by atoms with Gasteiger partial charge in [0.1, 0.15) is 0 Å². The molecule has 1 aromatic heterocycles. The number of hydrogen-bond acceptors (Lipinski definition) is 5. The minimum atomic E-state index is -0.368. The van der Waals surface area contributed by atoms with Crippen LogP contribution in [-0.4, -0.2) is 61.9 Å². The standard InChI is InChI=1S/C13H18N2O4S/c1-14(7-6-12(17)19-3)11(16)9-15(2)13(18)10-5-4-8-20-10/h4-5,8H,6-7,9H2,1-3H3. The molecule has 0 aliphatic rings. The van der Waals surface area contributed by atoms with Crippen LogP contribution in [0.25, 0.3) is 0 Å². The molecule has 7 heteroatoms. The highest BCUT2D eigenvalue weighted by molar-refractivity contribution is 7.12. The van der Waals surface area contributed by atoms with Crippen LogP contribution < -0.4 is 0 Å². The SMILES string of the molecule is COC(=O)CCN(C)C(=O)CN(C)C(=O)c1cccs1. The van der Waals surface area contributed by atoms with Crippen LogP contribution >= 0.6 is 11.3 Å². The van der Waals surface area contributed by atoms with Crippen molar-refractivity contribution in [3.63, 3.8) is 0 Å². The van der Waals surface area contributed by atoms with E-state index in [9.17, 15) is 14.4 Å². The average Bonchev–Trinajstić information content (AvgIpc) is 2.97. The molecule has 1 rings (SSSR count). The maximum Gasteiger partial charge on any atom is 0.307 e. The Labute approximate surface area is 121 Å². The van der Waals surface area contributed by atoms with Gasteiger partial charge in [-0.15, -0.1) is 11.3 Å². The van der Waals surface area contributed by atoms with Gasteiger partial charge in [-0.05, 0) is 11.4 Å². The molecule has 0 bridgehead atoms. The molecular weight excluding hydrogens is 280 g/mol. The van der Waals surface area contributed by atoms with E-state index in [1.807, 2.05) is 5.38 Å². The van der Waals surface area contributed by atoms with Crippen molar-refractivity contribution in [2.45, 2.75) is 6.42 Å². The second kappa shape index (κ2) is 7.64. The van der Waals surface area contributed by atoms with Crippen molar-refractivity contribution in [1.29, 1.82) is 0 Å². The number of rotatable bonds is 6. The number of nitrogens with zero attached hydrogens (tertiary/aromatic N) is 2. The molecule has 0 spiro atoms. The predicted molar refractivity (Wildman–Crippen MR) is 75.5 cm³/mol. The quantitative estimate of drug-likeness (QED) is 0.730. The average molecular weight is 298 g/mol. The Bertz CT molecular complexity index is 473. The molecule has 0 saturated heterocycles. The largest absolute Gasteiger partial charge is 0.469 e. The molecule has 20 heavy (non-hydrogen) atoms. The van der Waals surface area contributed by atoms with Gasteiger partial charge < -0.3 is 14.5 Å². The van der Waals surface area contributed by atoms with Crippen molar-refractivity contribution in [2.24, 2.45) is 0 Å². The van der Waals surface area contributed by atoms with Crippen LogP contribution in [0.15, 0.2) is 17.5 Å². The number of ether oxygens (including phenoxy) is 1. The van der Waals surface area contributed by atoms with Crippen LogP contribution in [0.2, 0.25) is 0 Å². The lowest BCUT2D eigenvalue weighted by Crippen LogP contribution is -2.39. The van der Waals surface area contributed by atoms with E-state index in [4.69, 9.17) is 0 Å². The highest BCUT2D eigenvalue weighted by atomic mass is 32.1. The van der Waals surface area contributed by atoms with Gasteiger partial charge in [-0.1, -0.05) is 6.07 Å². The molecule has 0 fully saturated rings.